The molecular formula is C25H29N3O2S. The van der Waals surface area contributed by atoms with Crippen molar-refractivity contribution < 1.29 is 9.53 Å². The Bertz CT molecular complexity index is 1030. The third kappa shape index (κ3) is 5.38. The molecule has 2 heterocycles. The fourth-order valence-electron chi connectivity index (χ4n) is 3.90. The van der Waals surface area contributed by atoms with Crippen LogP contribution in [0, 0.1) is 13.8 Å². The van der Waals surface area contributed by atoms with Crippen molar-refractivity contribution in [2.45, 2.75) is 50.8 Å². The highest BCUT2D eigenvalue weighted by atomic mass is 32.2. The molecule has 1 atom stereocenters. The topological polar surface area (TPSA) is 56.2 Å². The van der Waals surface area contributed by atoms with E-state index >= 15 is 0 Å². The Kier molecular flexibility index (Phi) is 7.10. The maximum atomic E-state index is 13.0. The quantitative estimate of drug-likeness (QED) is 0.519. The van der Waals surface area contributed by atoms with Gasteiger partial charge in [-0.15, -0.1) is 11.8 Å². The van der Waals surface area contributed by atoms with Crippen LogP contribution in [0.2, 0.25) is 0 Å². The van der Waals surface area contributed by atoms with Gasteiger partial charge in [-0.05, 0) is 44.4 Å². The fraction of sp³-hybridized carbons (Fsp3) is 0.360. The Morgan fingerprint density at radius 3 is 2.71 bits per heavy atom. The van der Waals surface area contributed by atoms with Crippen LogP contribution in [0.3, 0.4) is 0 Å². The van der Waals surface area contributed by atoms with E-state index in [1.165, 1.54) is 5.56 Å². The van der Waals surface area contributed by atoms with Crippen LogP contribution in [-0.2, 0) is 17.8 Å². The maximum Gasteiger partial charge on any atom is 0.252 e. The Hall–Kier alpha value is -2.57. The highest BCUT2D eigenvalue weighted by molar-refractivity contribution is 7.99. The number of aryl methyl sites for hydroxylation is 1. The summed E-state index contributed by atoms with van der Waals surface area (Å²) in [6, 6.07) is 18.1. The highest BCUT2D eigenvalue weighted by Crippen LogP contribution is 2.27. The number of carbonyl (C=O) groups is 1. The number of nitrogens with zero attached hydrogens (tertiary/aromatic N) is 2. The van der Waals surface area contributed by atoms with Crippen LogP contribution in [0.1, 0.15) is 45.7 Å². The third-order valence-corrected chi connectivity index (χ3v) is 6.92. The molecule has 162 valence electrons. The predicted molar refractivity (Wildman–Crippen MR) is 125 cm³/mol. The second kappa shape index (κ2) is 10.2. The van der Waals surface area contributed by atoms with Gasteiger partial charge in [-0.1, -0.05) is 42.5 Å². The molecule has 1 aliphatic heterocycles. The van der Waals surface area contributed by atoms with Crippen LogP contribution in [-0.4, -0.2) is 34.2 Å². The van der Waals surface area contributed by atoms with E-state index in [1.807, 2.05) is 54.1 Å². The van der Waals surface area contributed by atoms with Gasteiger partial charge in [-0.3, -0.25) is 9.48 Å². The zero-order chi connectivity index (χ0) is 21.6. The minimum atomic E-state index is -0.0509. The summed E-state index contributed by atoms with van der Waals surface area (Å²) >= 11 is 1.70. The van der Waals surface area contributed by atoms with Gasteiger partial charge in [0.1, 0.15) is 0 Å². The van der Waals surface area contributed by atoms with Crippen molar-refractivity contribution in [1.82, 2.24) is 15.1 Å². The number of benzene rings is 2. The number of carbonyl (C=O) groups excluding carboxylic acids is 1. The molecule has 0 spiro atoms. The van der Waals surface area contributed by atoms with Gasteiger partial charge in [-0.25, -0.2) is 0 Å². The second-order valence-corrected chi connectivity index (χ2v) is 8.98. The van der Waals surface area contributed by atoms with Crippen molar-refractivity contribution in [2.75, 3.05) is 12.4 Å². The van der Waals surface area contributed by atoms with E-state index in [4.69, 9.17) is 9.84 Å². The zero-order valence-electron chi connectivity index (χ0n) is 18.1. The van der Waals surface area contributed by atoms with Gasteiger partial charge >= 0.3 is 0 Å². The first-order valence-corrected chi connectivity index (χ1v) is 11.8. The standard InChI is InChI=1S/C25H29N3O2S/c1-18-23(19(2)28(27-18)16-20-9-4-3-5-10-20)15-26-25(29)22-12-6-7-13-24(22)31-17-21-11-8-14-30-21/h3-7,9-10,12-13,21H,8,11,14-17H2,1-2H3,(H,26,29)/t21-/m1/s1. The van der Waals surface area contributed by atoms with Crippen LogP contribution < -0.4 is 5.32 Å². The van der Waals surface area contributed by atoms with E-state index in [-0.39, 0.29) is 5.91 Å². The number of ether oxygens (including phenoxy) is 1. The SMILES string of the molecule is Cc1nn(Cc2ccccc2)c(C)c1CNC(=O)c1ccccc1SC[C@H]1CCCO1. The molecule has 1 amide bonds. The van der Waals surface area contributed by atoms with Crippen molar-refractivity contribution >= 4 is 17.7 Å². The number of amides is 1. The Morgan fingerprint density at radius 1 is 1.16 bits per heavy atom. The molecule has 31 heavy (non-hydrogen) atoms. The molecular weight excluding hydrogens is 406 g/mol. The molecule has 1 saturated heterocycles. The molecule has 0 radical (unpaired) electrons. The summed E-state index contributed by atoms with van der Waals surface area (Å²) in [5.41, 5.74) is 5.05. The van der Waals surface area contributed by atoms with Gasteiger partial charge in [0.25, 0.3) is 5.91 Å². The third-order valence-electron chi connectivity index (χ3n) is 5.71. The van der Waals surface area contributed by atoms with Crippen LogP contribution in [0.15, 0.2) is 59.5 Å². The lowest BCUT2D eigenvalue weighted by atomic mass is 10.1. The summed E-state index contributed by atoms with van der Waals surface area (Å²) in [6.45, 7) is 6.11. The number of aromatic nitrogens is 2. The largest absolute Gasteiger partial charge is 0.377 e. The Labute approximate surface area is 188 Å². The molecule has 2 aromatic carbocycles. The van der Waals surface area contributed by atoms with Gasteiger partial charge in [0.15, 0.2) is 0 Å². The van der Waals surface area contributed by atoms with Crippen molar-refractivity contribution in [3.63, 3.8) is 0 Å². The molecule has 0 saturated carbocycles. The summed E-state index contributed by atoms with van der Waals surface area (Å²) in [5, 5.41) is 7.80. The fourth-order valence-corrected chi connectivity index (χ4v) is 5.02. The van der Waals surface area contributed by atoms with E-state index in [9.17, 15) is 4.79 Å². The van der Waals surface area contributed by atoms with Gasteiger partial charge in [0.2, 0.25) is 0 Å². The summed E-state index contributed by atoms with van der Waals surface area (Å²) in [6.07, 6.45) is 2.53. The smallest absolute Gasteiger partial charge is 0.252 e. The minimum Gasteiger partial charge on any atom is -0.377 e. The van der Waals surface area contributed by atoms with Crippen molar-refractivity contribution in [3.8, 4) is 0 Å². The van der Waals surface area contributed by atoms with Gasteiger partial charge < -0.3 is 10.1 Å². The summed E-state index contributed by atoms with van der Waals surface area (Å²) in [5.74, 6) is 0.833. The van der Waals surface area contributed by atoms with E-state index in [1.54, 1.807) is 11.8 Å². The lowest BCUT2D eigenvalue weighted by Crippen LogP contribution is -2.24. The lowest BCUT2D eigenvalue weighted by molar-refractivity contribution is 0.0947. The van der Waals surface area contributed by atoms with Gasteiger partial charge in [-0.2, -0.15) is 5.10 Å². The summed E-state index contributed by atoms with van der Waals surface area (Å²) < 4.78 is 7.73. The average molecular weight is 436 g/mol. The molecule has 1 N–H and O–H groups in total. The van der Waals surface area contributed by atoms with E-state index in [0.717, 1.165) is 59.2 Å². The van der Waals surface area contributed by atoms with Gasteiger partial charge in [0.05, 0.1) is 23.9 Å². The van der Waals surface area contributed by atoms with Crippen LogP contribution in [0.5, 0.6) is 0 Å². The Morgan fingerprint density at radius 2 is 1.94 bits per heavy atom. The molecule has 0 bridgehead atoms. The number of hydrogen-bond acceptors (Lipinski definition) is 4. The summed E-state index contributed by atoms with van der Waals surface area (Å²) in [4.78, 5) is 14.0. The summed E-state index contributed by atoms with van der Waals surface area (Å²) in [7, 11) is 0. The van der Waals surface area contributed by atoms with E-state index in [2.05, 4.69) is 24.4 Å². The molecule has 6 heteroatoms. The molecule has 0 aliphatic carbocycles. The van der Waals surface area contributed by atoms with Crippen LogP contribution in [0.4, 0.5) is 0 Å². The Balaban J connectivity index is 1.41. The average Bonchev–Trinajstić information content (AvgIpc) is 3.40. The van der Waals surface area contributed by atoms with Crippen molar-refractivity contribution in [2.24, 2.45) is 0 Å². The number of thioether (sulfide) groups is 1. The number of nitrogens with one attached hydrogen (secondary N) is 1. The minimum absolute atomic E-state index is 0.0509. The monoisotopic (exact) mass is 435 g/mol. The molecule has 4 rings (SSSR count). The van der Waals surface area contributed by atoms with Crippen LogP contribution >= 0.6 is 11.8 Å². The second-order valence-electron chi connectivity index (χ2n) is 7.92. The molecule has 1 aromatic heterocycles. The first-order valence-electron chi connectivity index (χ1n) is 10.8. The first-order chi connectivity index (χ1) is 15.1. The molecule has 1 fully saturated rings. The lowest BCUT2D eigenvalue weighted by Gasteiger charge is -2.12. The zero-order valence-corrected chi connectivity index (χ0v) is 19.0. The van der Waals surface area contributed by atoms with Crippen molar-refractivity contribution in [3.05, 3.63) is 82.7 Å². The maximum absolute atomic E-state index is 13.0. The van der Waals surface area contributed by atoms with Crippen molar-refractivity contribution in [1.29, 1.82) is 0 Å². The molecule has 1 aliphatic rings. The van der Waals surface area contributed by atoms with Gasteiger partial charge in [0, 0.05) is 35.1 Å². The normalized spacial score (nSPS) is 15.9. The number of rotatable bonds is 8. The first kappa shape index (κ1) is 21.7. The molecule has 5 nitrogen and oxygen atoms in total. The number of hydrogen-bond donors (Lipinski definition) is 1. The predicted octanol–water partition coefficient (Wildman–Crippen LogP) is 4.75. The van der Waals surface area contributed by atoms with Crippen LogP contribution in [0.25, 0.3) is 0 Å². The molecule has 3 aromatic rings. The van der Waals surface area contributed by atoms with E-state index < -0.39 is 0 Å². The van der Waals surface area contributed by atoms with E-state index in [0.29, 0.717) is 12.6 Å². The molecule has 0 unspecified atom stereocenters. The highest BCUT2D eigenvalue weighted by Gasteiger charge is 2.19.